The van der Waals surface area contributed by atoms with Gasteiger partial charge in [0.15, 0.2) is 11.6 Å². The molecule has 2 saturated heterocycles. The van der Waals surface area contributed by atoms with E-state index >= 15 is 0 Å². The molecule has 3 fully saturated rings. The molecule has 0 spiro atoms. The van der Waals surface area contributed by atoms with Crippen molar-refractivity contribution in [3.63, 3.8) is 0 Å². The predicted molar refractivity (Wildman–Crippen MR) is 124 cm³/mol. The van der Waals surface area contributed by atoms with Crippen molar-refractivity contribution in [2.24, 2.45) is 0 Å². The first-order valence-corrected chi connectivity index (χ1v) is 12.3. The Morgan fingerprint density at radius 1 is 1.03 bits per heavy atom. The molecule has 2 aliphatic heterocycles. The standard InChI is InChI=1S/C23H24N8OS/c24-11-21-28-30-23(33-21)13-4-7-18(19(32)8-13)22-25-12-20(27-29-22)31(16-5-6-16)17-9-14-2-1-3-15(10-17)26-14/h4,7-8,12,14-17,26,32H,1-3,5-6,9-10H2/t14-,15+,17-. The first-order valence-electron chi connectivity index (χ1n) is 11.5. The van der Waals surface area contributed by atoms with Gasteiger partial charge in [0, 0.05) is 29.7 Å². The molecule has 3 aliphatic rings. The van der Waals surface area contributed by atoms with E-state index in [4.69, 9.17) is 5.26 Å². The second-order valence-corrected chi connectivity index (χ2v) is 10.1. The zero-order chi connectivity index (χ0) is 22.4. The van der Waals surface area contributed by atoms with Crippen LogP contribution in [0.2, 0.25) is 0 Å². The van der Waals surface area contributed by atoms with E-state index in [9.17, 15) is 5.11 Å². The summed E-state index contributed by atoms with van der Waals surface area (Å²) in [7, 11) is 0. The zero-order valence-corrected chi connectivity index (χ0v) is 18.9. The molecule has 10 heteroatoms. The van der Waals surface area contributed by atoms with E-state index in [0.717, 1.165) is 18.7 Å². The fourth-order valence-electron chi connectivity index (χ4n) is 5.24. The monoisotopic (exact) mass is 460 g/mol. The Hall–Kier alpha value is -3.16. The fraction of sp³-hybridized carbons (Fsp3) is 0.478. The van der Waals surface area contributed by atoms with E-state index in [1.165, 1.54) is 43.4 Å². The van der Waals surface area contributed by atoms with E-state index < -0.39 is 0 Å². The Balaban J connectivity index is 1.24. The molecule has 1 aromatic carbocycles. The summed E-state index contributed by atoms with van der Waals surface area (Å²) in [6, 6.07) is 9.37. The molecule has 6 rings (SSSR count). The second kappa shape index (κ2) is 8.32. The van der Waals surface area contributed by atoms with Gasteiger partial charge in [-0.1, -0.05) is 23.8 Å². The summed E-state index contributed by atoms with van der Waals surface area (Å²) in [5.74, 6) is 1.26. The maximum atomic E-state index is 10.6. The number of rotatable bonds is 5. The van der Waals surface area contributed by atoms with E-state index in [1.54, 1.807) is 18.3 Å². The van der Waals surface area contributed by atoms with Gasteiger partial charge >= 0.3 is 0 Å². The Kier molecular flexibility index (Phi) is 5.15. The van der Waals surface area contributed by atoms with Gasteiger partial charge in [-0.05, 0) is 50.7 Å². The predicted octanol–water partition coefficient (Wildman–Crippen LogP) is 3.28. The molecule has 1 aliphatic carbocycles. The number of aromatic hydroxyl groups is 1. The highest BCUT2D eigenvalue weighted by Crippen LogP contribution is 2.38. The second-order valence-electron chi connectivity index (χ2n) is 9.15. The number of hydrogen-bond acceptors (Lipinski definition) is 10. The SMILES string of the molecule is N#Cc1nnc(-c2ccc(-c3ncc(N(C4CC4)[C@@H]4C[C@H]5CCC[C@@H](C4)N5)nn3)c(O)c2)s1. The van der Waals surface area contributed by atoms with Gasteiger partial charge in [-0.2, -0.15) is 5.26 Å². The van der Waals surface area contributed by atoms with Gasteiger partial charge in [0.25, 0.3) is 0 Å². The molecular weight excluding hydrogens is 436 g/mol. The summed E-state index contributed by atoms with van der Waals surface area (Å²) in [5.41, 5.74) is 1.20. The number of nitrogens with one attached hydrogen (secondary N) is 1. The highest BCUT2D eigenvalue weighted by atomic mass is 32.1. The summed E-state index contributed by atoms with van der Waals surface area (Å²) >= 11 is 1.18. The lowest BCUT2D eigenvalue weighted by atomic mass is 9.83. The van der Waals surface area contributed by atoms with Crippen LogP contribution >= 0.6 is 11.3 Å². The lowest BCUT2D eigenvalue weighted by Crippen LogP contribution is -2.55. The maximum Gasteiger partial charge on any atom is 0.218 e. The summed E-state index contributed by atoms with van der Waals surface area (Å²) in [6.07, 6.45) is 10.4. The summed E-state index contributed by atoms with van der Waals surface area (Å²) < 4.78 is 0. The minimum absolute atomic E-state index is 0.0426. The number of fused-ring (bicyclic) bond motifs is 2. The third-order valence-electron chi connectivity index (χ3n) is 6.84. The average Bonchev–Trinajstić information content (AvgIpc) is 3.54. The molecule has 33 heavy (non-hydrogen) atoms. The lowest BCUT2D eigenvalue weighted by molar-refractivity contribution is 0.215. The van der Waals surface area contributed by atoms with Gasteiger partial charge in [-0.15, -0.1) is 20.4 Å². The van der Waals surface area contributed by atoms with Crippen LogP contribution < -0.4 is 10.2 Å². The van der Waals surface area contributed by atoms with Gasteiger partial charge in [0.1, 0.15) is 16.8 Å². The summed E-state index contributed by atoms with van der Waals surface area (Å²) in [5, 5.41) is 40.9. The van der Waals surface area contributed by atoms with Crippen LogP contribution in [0.4, 0.5) is 5.82 Å². The lowest BCUT2D eigenvalue weighted by Gasteiger charge is -2.45. The van der Waals surface area contributed by atoms with E-state index in [-0.39, 0.29) is 10.8 Å². The highest BCUT2D eigenvalue weighted by molar-refractivity contribution is 7.15. The minimum atomic E-state index is 0.0426. The zero-order valence-electron chi connectivity index (χ0n) is 18.1. The van der Waals surface area contributed by atoms with E-state index in [0.29, 0.717) is 46.1 Å². The molecule has 4 heterocycles. The number of anilines is 1. The molecule has 1 saturated carbocycles. The summed E-state index contributed by atoms with van der Waals surface area (Å²) in [4.78, 5) is 7.03. The Bertz CT molecular complexity index is 1190. The van der Waals surface area contributed by atoms with Crippen molar-refractivity contribution in [2.75, 3.05) is 4.90 Å². The van der Waals surface area contributed by atoms with Gasteiger partial charge in [-0.3, -0.25) is 0 Å². The van der Waals surface area contributed by atoms with Crippen molar-refractivity contribution in [3.05, 3.63) is 29.4 Å². The number of hydrogen-bond donors (Lipinski definition) is 2. The Labute approximate surface area is 195 Å². The molecule has 3 aromatic rings. The van der Waals surface area contributed by atoms with Crippen molar-refractivity contribution >= 4 is 17.2 Å². The summed E-state index contributed by atoms with van der Waals surface area (Å²) in [6.45, 7) is 0. The molecule has 0 radical (unpaired) electrons. The van der Waals surface area contributed by atoms with Gasteiger partial charge in [0.05, 0.1) is 11.8 Å². The van der Waals surface area contributed by atoms with Crippen LogP contribution in [0.25, 0.3) is 22.0 Å². The van der Waals surface area contributed by atoms with Crippen LogP contribution in [0, 0.1) is 11.3 Å². The van der Waals surface area contributed by atoms with E-state index in [1.807, 2.05) is 12.1 Å². The molecular formula is C23H24N8OS. The fourth-order valence-corrected chi connectivity index (χ4v) is 5.87. The van der Waals surface area contributed by atoms with Crippen molar-refractivity contribution < 1.29 is 5.11 Å². The van der Waals surface area contributed by atoms with Crippen LogP contribution in [0.1, 0.15) is 50.0 Å². The maximum absolute atomic E-state index is 10.6. The largest absolute Gasteiger partial charge is 0.507 e. The Morgan fingerprint density at radius 2 is 1.85 bits per heavy atom. The number of phenolic OH excluding ortho intramolecular Hbond substituents is 1. The first-order chi connectivity index (χ1) is 16.2. The molecule has 9 nitrogen and oxygen atoms in total. The quantitative estimate of drug-likeness (QED) is 0.590. The molecule has 0 unspecified atom stereocenters. The molecule has 2 N–H and O–H groups in total. The van der Waals surface area contributed by atoms with Crippen molar-refractivity contribution in [1.29, 1.82) is 5.26 Å². The van der Waals surface area contributed by atoms with Crippen LogP contribution in [0.15, 0.2) is 24.4 Å². The van der Waals surface area contributed by atoms with Crippen molar-refractivity contribution in [2.45, 2.75) is 69.1 Å². The topological polar surface area (TPSA) is 124 Å². The number of phenols is 1. The van der Waals surface area contributed by atoms with Crippen LogP contribution in [0.5, 0.6) is 5.75 Å². The van der Waals surface area contributed by atoms with Crippen molar-refractivity contribution in [1.82, 2.24) is 30.7 Å². The van der Waals surface area contributed by atoms with E-state index in [2.05, 4.69) is 35.6 Å². The average molecular weight is 461 g/mol. The molecule has 0 amide bonds. The highest BCUT2D eigenvalue weighted by Gasteiger charge is 2.40. The normalized spacial score (nSPS) is 24.3. The first kappa shape index (κ1) is 20.4. The number of aromatic nitrogens is 5. The van der Waals surface area contributed by atoms with Gasteiger partial charge in [-0.25, -0.2) is 4.98 Å². The van der Waals surface area contributed by atoms with Gasteiger partial charge < -0.3 is 15.3 Å². The number of piperidine rings is 2. The minimum Gasteiger partial charge on any atom is -0.507 e. The smallest absolute Gasteiger partial charge is 0.218 e. The molecule has 2 bridgehead atoms. The molecule has 3 atom stereocenters. The third-order valence-corrected chi connectivity index (χ3v) is 7.72. The van der Waals surface area contributed by atoms with Crippen LogP contribution in [-0.4, -0.2) is 54.7 Å². The van der Waals surface area contributed by atoms with Crippen LogP contribution in [-0.2, 0) is 0 Å². The molecule has 168 valence electrons. The Morgan fingerprint density at radius 3 is 2.48 bits per heavy atom. The number of nitrogens with zero attached hydrogens (tertiary/aromatic N) is 7. The van der Waals surface area contributed by atoms with Crippen LogP contribution in [0.3, 0.4) is 0 Å². The molecule has 2 aromatic heterocycles. The third kappa shape index (κ3) is 4.03. The number of nitriles is 1. The van der Waals surface area contributed by atoms with Gasteiger partial charge in [0.2, 0.25) is 5.01 Å². The number of benzene rings is 1. The van der Waals surface area contributed by atoms with Crippen molar-refractivity contribution in [3.8, 4) is 33.8 Å².